The number of hydrogen-bond acceptors (Lipinski definition) is 5. The summed E-state index contributed by atoms with van der Waals surface area (Å²) in [6.07, 6.45) is -2.94. The highest BCUT2D eigenvalue weighted by molar-refractivity contribution is 5.85. The van der Waals surface area contributed by atoms with E-state index >= 15 is 0 Å². The summed E-state index contributed by atoms with van der Waals surface area (Å²) in [5.41, 5.74) is 0.148. The van der Waals surface area contributed by atoms with E-state index in [1.54, 1.807) is 0 Å². The van der Waals surface area contributed by atoms with E-state index in [4.69, 9.17) is 0 Å². The largest absolute Gasteiger partial charge is 0.465 e. The maximum absolute atomic E-state index is 12.6. The molecule has 0 spiro atoms. The van der Waals surface area contributed by atoms with Crippen molar-refractivity contribution in [1.29, 1.82) is 0 Å². The molecule has 1 fully saturated rings. The smallest absolute Gasteiger partial charge is 0.433 e. The summed E-state index contributed by atoms with van der Waals surface area (Å²) in [5.74, 6) is -0.340. The van der Waals surface area contributed by atoms with Crippen LogP contribution in [0.3, 0.4) is 0 Å². The average molecular weight is 409 g/mol. The first kappa shape index (κ1) is 20.5. The average Bonchev–Trinajstić information content (AvgIpc) is 3.08. The molecule has 8 nitrogen and oxygen atoms in total. The molecule has 2 aromatic rings. The Labute approximate surface area is 163 Å². The van der Waals surface area contributed by atoms with Gasteiger partial charge in [0, 0.05) is 18.3 Å². The zero-order valence-corrected chi connectivity index (χ0v) is 15.3. The first-order chi connectivity index (χ1) is 13.6. The van der Waals surface area contributed by atoms with Crippen LogP contribution in [0.4, 0.5) is 18.0 Å². The Morgan fingerprint density at radius 3 is 2.66 bits per heavy atom. The highest BCUT2D eigenvalue weighted by Crippen LogP contribution is 2.28. The number of pyridine rings is 1. The molecule has 3 rings (SSSR count). The number of aromatic nitrogens is 3. The van der Waals surface area contributed by atoms with Gasteiger partial charge in [0.1, 0.15) is 18.1 Å². The van der Waals surface area contributed by atoms with Crippen LogP contribution in [0.25, 0.3) is 11.3 Å². The molecule has 154 valence electrons. The Morgan fingerprint density at radius 1 is 1.28 bits per heavy atom. The second kappa shape index (κ2) is 8.02. The van der Waals surface area contributed by atoms with Crippen LogP contribution < -0.4 is 5.32 Å². The van der Waals surface area contributed by atoms with Gasteiger partial charge in [0.25, 0.3) is 0 Å². The molecule has 2 atom stereocenters. The van der Waals surface area contributed by atoms with E-state index < -0.39 is 29.9 Å². The number of carbonyl (C=O) groups is 2. The Balaban J connectivity index is 1.67. The van der Waals surface area contributed by atoms with Gasteiger partial charge in [-0.3, -0.25) is 14.7 Å². The normalized spacial score (nSPS) is 19.2. The molecule has 1 saturated heterocycles. The summed E-state index contributed by atoms with van der Waals surface area (Å²) in [5, 5.41) is 11.9. The summed E-state index contributed by atoms with van der Waals surface area (Å²) < 4.78 is 37.9. The second-order valence-corrected chi connectivity index (χ2v) is 6.83. The van der Waals surface area contributed by atoms with Gasteiger partial charge in [0.2, 0.25) is 5.91 Å². The Kier molecular flexibility index (Phi) is 5.66. The molecule has 0 bridgehead atoms. The van der Waals surface area contributed by atoms with Crippen molar-refractivity contribution in [2.24, 2.45) is 5.92 Å². The van der Waals surface area contributed by atoms with E-state index in [9.17, 15) is 27.9 Å². The number of nitrogens with zero attached hydrogens (tertiary/aromatic N) is 4. The van der Waals surface area contributed by atoms with Crippen molar-refractivity contribution < 1.29 is 27.9 Å². The molecular formula is C18H18F3N5O3. The highest BCUT2D eigenvalue weighted by Gasteiger charge is 2.37. The lowest BCUT2D eigenvalue weighted by atomic mass is 10.1. The molecule has 11 heteroatoms. The fourth-order valence-corrected chi connectivity index (χ4v) is 3.17. The first-order valence-corrected chi connectivity index (χ1v) is 8.77. The monoisotopic (exact) mass is 409 g/mol. The van der Waals surface area contributed by atoms with Gasteiger partial charge in [-0.25, -0.2) is 14.8 Å². The van der Waals surface area contributed by atoms with E-state index in [1.807, 2.05) is 6.92 Å². The van der Waals surface area contributed by atoms with Gasteiger partial charge in [-0.1, -0.05) is 6.92 Å². The van der Waals surface area contributed by atoms with Crippen molar-refractivity contribution in [1.82, 2.24) is 25.2 Å². The number of nitrogens with one attached hydrogen (secondary N) is 1. The molecule has 2 aromatic heterocycles. The van der Waals surface area contributed by atoms with Gasteiger partial charge < -0.3 is 10.4 Å². The van der Waals surface area contributed by atoms with E-state index in [0.29, 0.717) is 29.9 Å². The molecule has 29 heavy (non-hydrogen) atoms. The second-order valence-electron chi connectivity index (χ2n) is 6.83. The van der Waals surface area contributed by atoms with E-state index in [0.717, 1.165) is 17.2 Å². The molecule has 0 radical (unpaired) electrons. The summed E-state index contributed by atoms with van der Waals surface area (Å²) in [4.78, 5) is 36.2. The van der Waals surface area contributed by atoms with Crippen molar-refractivity contribution in [3.8, 4) is 11.3 Å². The van der Waals surface area contributed by atoms with Crippen molar-refractivity contribution in [3.63, 3.8) is 0 Å². The van der Waals surface area contributed by atoms with Crippen LogP contribution in [-0.4, -0.2) is 49.5 Å². The SMILES string of the molecule is CC1CC(C(=O)NCc2cc(-c3ccc(C(F)(F)F)nc3)ncn2)N(C(=O)O)C1. The van der Waals surface area contributed by atoms with Crippen LogP contribution in [-0.2, 0) is 17.5 Å². The van der Waals surface area contributed by atoms with E-state index in [-0.39, 0.29) is 12.5 Å². The summed E-state index contributed by atoms with van der Waals surface area (Å²) >= 11 is 0. The Morgan fingerprint density at radius 2 is 2.03 bits per heavy atom. The van der Waals surface area contributed by atoms with Gasteiger partial charge in [0.05, 0.1) is 17.9 Å². The molecule has 0 aromatic carbocycles. The van der Waals surface area contributed by atoms with Crippen LogP contribution in [0.1, 0.15) is 24.7 Å². The summed E-state index contributed by atoms with van der Waals surface area (Å²) in [6.45, 7) is 2.20. The minimum absolute atomic E-state index is 0.0285. The number of carboxylic acid groups (broad SMARTS) is 1. The number of hydrogen-bond donors (Lipinski definition) is 2. The fourth-order valence-electron chi connectivity index (χ4n) is 3.17. The summed E-state index contributed by atoms with van der Waals surface area (Å²) in [6, 6.07) is 2.88. The first-order valence-electron chi connectivity index (χ1n) is 8.77. The number of alkyl halides is 3. The number of rotatable bonds is 4. The topological polar surface area (TPSA) is 108 Å². The Bertz CT molecular complexity index is 904. The third-order valence-electron chi connectivity index (χ3n) is 4.58. The zero-order valence-electron chi connectivity index (χ0n) is 15.3. The van der Waals surface area contributed by atoms with Gasteiger partial charge in [-0.05, 0) is 30.5 Å². The highest BCUT2D eigenvalue weighted by atomic mass is 19.4. The van der Waals surface area contributed by atoms with Gasteiger partial charge in [-0.15, -0.1) is 0 Å². The van der Waals surface area contributed by atoms with Crippen LogP contribution in [0, 0.1) is 5.92 Å². The van der Waals surface area contributed by atoms with Crippen molar-refractivity contribution >= 4 is 12.0 Å². The third-order valence-corrected chi connectivity index (χ3v) is 4.58. The molecule has 1 aliphatic heterocycles. The molecule has 3 heterocycles. The lowest BCUT2D eigenvalue weighted by Crippen LogP contribution is -2.45. The van der Waals surface area contributed by atoms with Crippen LogP contribution in [0.2, 0.25) is 0 Å². The lowest BCUT2D eigenvalue weighted by Gasteiger charge is -2.20. The number of carbonyl (C=O) groups excluding carboxylic acids is 1. The van der Waals surface area contributed by atoms with Gasteiger partial charge in [-0.2, -0.15) is 13.2 Å². The molecule has 0 saturated carbocycles. The molecule has 2 amide bonds. The van der Waals surface area contributed by atoms with Gasteiger partial charge >= 0.3 is 12.3 Å². The van der Waals surface area contributed by atoms with Crippen LogP contribution in [0.5, 0.6) is 0 Å². The Hall–Kier alpha value is -3.24. The van der Waals surface area contributed by atoms with E-state index in [2.05, 4.69) is 20.3 Å². The van der Waals surface area contributed by atoms with Crippen molar-refractivity contribution in [2.75, 3.05) is 6.54 Å². The number of amides is 2. The standard InChI is InChI=1S/C18H18F3N5O3/c1-10-4-14(26(8-10)17(28)29)16(27)23-7-12-5-13(25-9-24-12)11-2-3-15(22-6-11)18(19,20)21/h2-3,5-6,9-10,14H,4,7-8H2,1H3,(H,23,27)(H,28,29). The predicted molar refractivity (Wildman–Crippen MR) is 94.4 cm³/mol. The minimum atomic E-state index is -4.53. The molecular weight excluding hydrogens is 391 g/mol. The fraction of sp³-hybridized carbons (Fsp3) is 0.389. The lowest BCUT2D eigenvalue weighted by molar-refractivity contribution is -0.141. The molecule has 2 unspecified atom stereocenters. The van der Waals surface area contributed by atoms with Crippen LogP contribution >= 0.6 is 0 Å². The number of halogens is 3. The van der Waals surface area contributed by atoms with Crippen molar-refractivity contribution in [2.45, 2.75) is 32.1 Å². The van der Waals surface area contributed by atoms with Gasteiger partial charge in [0.15, 0.2) is 0 Å². The predicted octanol–water partition coefficient (Wildman–Crippen LogP) is 2.56. The van der Waals surface area contributed by atoms with Crippen molar-refractivity contribution in [3.05, 3.63) is 42.1 Å². The third kappa shape index (κ3) is 4.79. The minimum Gasteiger partial charge on any atom is -0.465 e. The molecule has 1 aliphatic rings. The zero-order chi connectivity index (χ0) is 21.2. The maximum atomic E-state index is 12.6. The number of likely N-dealkylation sites (tertiary alicyclic amines) is 1. The maximum Gasteiger partial charge on any atom is 0.433 e. The molecule has 0 aliphatic carbocycles. The van der Waals surface area contributed by atoms with E-state index in [1.165, 1.54) is 18.5 Å². The van der Waals surface area contributed by atoms with Crippen LogP contribution in [0.15, 0.2) is 30.7 Å². The molecule has 2 N–H and O–H groups in total. The quantitative estimate of drug-likeness (QED) is 0.804. The summed E-state index contributed by atoms with van der Waals surface area (Å²) in [7, 11) is 0.